The van der Waals surface area contributed by atoms with E-state index in [2.05, 4.69) is 39.4 Å². The van der Waals surface area contributed by atoms with Crippen molar-refractivity contribution < 1.29 is 14.3 Å². The maximum absolute atomic E-state index is 12.0. The van der Waals surface area contributed by atoms with Gasteiger partial charge in [0.1, 0.15) is 12.1 Å². The van der Waals surface area contributed by atoms with Crippen LogP contribution in [0.5, 0.6) is 5.75 Å². The maximum Gasteiger partial charge on any atom is 0.409 e. The molecule has 2 saturated carbocycles. The highest BCUT2D eigenvalue weighted by molar-refractivity contribution is 5.85. The Kier molecular flexibility index (Phi) is 6.32. The number of anilines is 1. The number of likely N-dealkylation sites (tertiary alicyclic amines) is 1. The molecular weight excluding hydrogens is 404 g/mol. The quantitative estimate of drug-likeness (QED) is 0.596. The fourth-order valence-corrected chi connectivity index (χ4v) is 5.25. The predicted octanol–water partition coefficient (Wildman–Crippen LogP) is 4.57. The van der Waals surface area contributed by atoms with E-state index in [1.54, 1.807) is 0 Å². The van der Waals surface area contributed by atoms with Gasteiger partial charge in [-0.3, -0.25) is 0 Å². The first-order valence-electron chi connectivity index (χ1n) is 12.2. The number of piperidine rings is 1. The molecule has 2 aliphatic carbocycles. The van der Waals surface area contributed by atoms with Crippen LogP contribution in [0.4, 0.5) is 10.5 Å². The van der Waals surface area contributed by atoms with Gasteiger partial charge in [-0.1, -0.05) is 6.92 Å². The Morgan fingerprint density at radius 3 is 2.69 bits per heavy atom. The first-order chi connectivity index (χ1) is 15.7. The second kappa shape index (κ2) is 9.51. The van der Waals surface area contributed by atoms with Crippen molar-refractivity contribution in [3.05, 3.63) is 24.3 Å². The minimum Gasteiger partial charge on any atom is -0.494 e. The first kappa shape index (κ1) is 21.3. The minimum atomic E-state index is -0.134. The lowest BCUT2D eigenvalue weighted by Crippen LogP contribution is -2.39. The van der Waals surface area contributed by atoms with E-state index in [4.69, 9.17) is 9.47 Å². The van der Waals surface area contributed by atoms with Crippen molar-refractivity contribution in [1.82, 2.24) is 4.90 Å². The van der Waals surface area contributed by atoms with Crippen molar-refractivity contribution in [2.45, 2.75) is 51.5 Å². The van der Waals surface area contributed by atoms with Gasteiger partial charge < -0.3 is 19.3 Å². The van der Waals surface area contributed by atoms with Crippen molar-refractivity contribution in [2.75, 3.05) is 31.2 Å². The molecule has 172 valence electrons. The van der Waals surface area contributed by atoms with Crippen LogP contribution < -0.4 is 9.64 Å². The largest absolute Gasteiger partial charge is 0.494 e. The SMILES string of the molecule is CCCOC(=O)N1CCC(C2CC2CCOc2ccc(N3C=NN=CC4CC43)cc2)CC1. The number of ether oxygens (including phenoxy) is 2. The van der Waals surface area contributed by atoms with E-state index < -0.39 is 0 Å². The van der Waals surface area contributed by atoms with Crippen molar-refractivity contribution in [1.29, 1.82) is 0 Å². The van der Waals surface area contributed by atoms with Crippen molar-refractivity contribution in [3.8, 4) is 5.75 Å². The molecule has 1 amide bonds. The molecule has 1 saturated heterocycles. The Balaban J connectivity index is 1.01. The van der Waals surface area contributed by atoms with Crippen LogP contribution in [-0.2, 0) is 4.74 Å². The van der Waals surface area contributed by atoms with Gasteiger partial charge in [0.15, 0.2) is 0 Å². The molecule has 3 fully saturated rings. The average Bonchev–Trinajstić information content (AvgIpc) is 3.72. The van der Waals surface area contributed by atoms with Gasteiger partial charge in [-0.2, -0.15) is 5.10 Å². The smallest absolute Gasteiger partial charge is 0.409 e. The third-order valence-electron chi connectivity index (χ3n) is 7.37. The molecule has 2 aliphatic heterocycles. The van der Waals surface area contributed by atoms with Crippen LogP contribution in [-0.4, -0.2) is 55.9 Å². The highest BCUT2D eigenvalue weighted by Crippen LogP contribution is 2.49. The van der Waals surface area contributed by atoms with Gasteiger partial charge in [-0.05, 0) is 80.5 Å². The molecule has 32 heavy (non-hydrogen) atoms. The van der Waals surface area contributed by atoms with Crippen LogP contribution >= 0.6 is 0 Å². The van der Waals surface area contributed by atoms with E-state index in [-0.39, 0.29) is 6.09 Å². The number of nitrogens with zero attached hydrogens (tertiary/aromatic N) is 4. The predicted molar refractivity (Wildman–Crippen MR) is 125 cm³/mol. The topological polar surface area (TPSA) is 66.7 Å². The number of benzene rings is 1. The van der Waals surface area contributed by atoms with Crippen LogP contribution in [0.15, 0.2) is 34.5 Å². The molecule has 1 aromatic carbocycles. The molecule has 7 heteroatoms. The van der Waals surface area contributed by atoms with E-state index in [0.717, 1.165) is 81.0 Å². The lowest BCUT2D eigenvalue weighted by molar-refractivity contribution is 0.0848. The van der Waals surface area contributed by atoms with E-state index in [0.29, 0.717) is 18.6 Å². The van der Waals surface area contributed by atoms with Crippen LogP contribution in [0.2, 0.25) is 0 Å². The second-order valence-corrected chi connectivity index (χ2v) is 9.60. The lowest BCUT2D eigenvalue weighted by Gasteiger charge is -2.31. The molecule has 0 bridgehead atoms. The minimum absolute atomic E-state index is 0.134. The molecule has 0 spiro atoms. The molecule has 4 aliphatic rings. The summed E-state index contributed by atoms with van der Waals surface area (Å²) in [6.07, 6.45) is 10.3. The molecular formula is C25H34N4O3. The molecule has 5 rings (SSSR count). The number of fused-ring (bicyclic) bond motifs is 1. The zero-order chi connectivity index (χ0) is 21.9. The first-order valence-corrected chi connectivity index (χ1v) is 12.2. The lowest BCUT2D eigenvalue weighted by atomic mass is 9.91. The fraction of sp³-hybridized carbons (Fsp3) is 0.640. The Morgan fingerprint density at radius 1 is 1.09 bits per heavy atom. The fourth-order valence-electron chi connectivity index (χ4n) is 5.25. The zero-order valence-corrected chi connectivity index (χ0v) is 18.9. The normalized spacial score (nSPS) is 28.8. The number of rotatable bonds is 8. The summed E-state index contributed by atoms with van der Waals surface area (Å²) in [5.41, 5.74) is 1.14. The van der Waals surface area contributed by atoms with Crippen LogP contribution in [0.1, 0.15) is 45.4 Å². The standard InChI is InChI=1S/C25H34N4O3/c1-2-12-32-25(30)28-10-7-18(8-11-28)23-14-19(23)9-13-31-22-5-3-21(4-6-22)29-17-27-26-16-20-15-24(20)29/h3-6,16-20,23-24H,2,7-15H2,1H3. The van der Waals surface area contributed by atoms with Gasteiger partial charge in [-0.25, -0.2) is 4.79 Å². The summed E-state index contributed by atoms with van der Waals surface area (Å²) in [5, 5.41) is 8.16. The van der Waals surface area contributed by atoms with Gasteiger partial charge in [0.25, 0.3) is 0 Å². The highest BCUT2D eigenvalue weighted by Gasteiger charge is 2.44. The summed E-state index contributed by atoms with van der Waals surface area (Å²) < 4.78 is 11.3. The summed E-state index contributed by atoms with van der Waals surface area (Å²) in [5.74, 6) is 3.80. The molecule has 0 N–H and O–H groups in total. The van der Waals surface area contributed by atoms with E-state index in [9.17, 15) is 4.79 Å². The van der Waals surface area contributed by atoms with Gasteiger partial charge in [-0.15, -0.1) is 5.10 Å². The van der Waals surface area contributed by atoms with Crippen LogP contribution in [0.3, 0.4) is 0 Å². The van der Waals surface area contributed by atoms with Gasteiger partial charge in [0.05, 0.1) is 13.2 Å². The summed E-state index contributed by atoms with van der Waals surface area (Å²) in [7, 11) is 0. The number of carbonyl (C=O) groups excluding carboxylic acids is 1. The summed E-state index contributed by atoms with van der Waals surface area (Å²) in [4.78, 5) is 16.1. The Hall–Kier alpha value is -2.57. The van der Waals surface area contributed by atoms with E-state index >= 15 is 0 Å². The molecule has 0 radical (unpaired) electrons. The summed E-state index contributed by atoms with van der Waals surface area (Å²) >= 11 is 0. The number of amides is 1. The average molecular weight is 439 g/mol. The van der Waals surface area contributed by atoms with Gasteiger partial charge >= 0.3 is 6.09 Å². The molecule has 1 aromatic rings. The van der Waals surface area contributed by atoms with Gasteiger partial charge in [0, 0.05) is 37.0 Å². The van der Waals surface area contributed by atoms with Crippen molar-refractivity contribution in [2.24, 2.45) is 33.9 Å². The molecule has 0 aromatic heterocycles. The van der Waals surface area contributed by atoms with Crippen molar-refractivity contribution in [3.63, 3.8) is 0 Å². The van der Waals surface area contributed by atoms with Crippen LogP contribution in [0.25, 0.3) is 0 Å². The van der Waals surface area contributed by atoms with E-state index in [1.807, 2.05) is 24.4 Å². The van der Waals surface area contributed by atoms with Crippen molar-refractivity contribution >= 4 is 24.3 Å². The molecule has 2 heterocycles. The van der Waals surface area contributed by atoms with E-state index in [1.165, 1.54) is 6.42 Å². The van der Waals surface area contributed by atoms with Crippen LogP contribution in [0, 0.1) is 23.7 Å². The second-order valence-electron chi connectivity index (χ2n) is 9.60. The third-order valence-corrected chi connectivity index (χ3v) is 7.37. The number of carbonyl (C=O) groups is 1. The molecule has 4 atom stereocenters. The Bertz CT molecular complexity index is 847. The van der Waals surface area contributed by atoms with Gasteiger partial charge in [0.2, 0.25) is 0 Å². The maximum atomic E-state index is 12.0. The zero-order valence-electron chi connectivity index (χ0n) is 18.9. The highest BCUT2D eigenvalue weighted by atomic mass is 16.6. The third kappa shape index (κ3) is 4.92. The summed E-state index contributed by atoms with van der Waals surface area (Å²) in [6, 6.07) is 8.84. The molecule has 4 unspecified atom stereocenters. The Labute approximate surface area is 190 Å². The number of hydrogen-bond donors (Lipinski definition) is 0. The summed E-state index contributed by atoms with van der Waals surface area (Å²) in [6.45, 7) is 5.00. The number of hydrogen-bond acceptors (Lipinski definition) is 6. The molecule has 7 nitrogen and oxygen atoms in total. The monoisotopic (exact) mass is 438 g/mol. The Morgan fingerprint density at radius 2 is 1.91 bits per heavy atom.